The molecule has 2 nitrogen and oxygen atoms in total. The fourth-order valence-electron chi connectivity index (χ4n) is 2.17. The molecule has 116 valence electrons. The Bertz CT molecular complexity index is 719. The summed E-state index contributed by atoms with van der Waals surface area (Å²) >= 11 is 0. The van der Waals surface area contributed by atoms with E-state index < -0.39 is 37.0 Å². The van der Waals surface area contributed by atoms with Crippen LogP contribution in [-0.2, 0) is 15.7 Å². The first-order chi connectivity index (χ1) is 11.8. The lowest BCUT2D eigenvalue weighted by Crippen LogP contribution is -2.41. The number of hydrogen-bond donors (Lipinski definition) is 0. The number of aryl methyl sites for hydroxylation is 1. The molecule has 0 atom stereocenters. The van der Waals surface area contributed by atoms with Crippen molar-refractivity contribution in [1.29, 1.82) is 0 Å². The molecule has 0 bridgehead atoms. The third-order valence-corrected chi connectivity index (χ3v) is 3.98. The summed E-state index contributed by atoms with van der Waals surface area (Å²) < 4.78 is 61.2. The molecule has 0 N–H and O–H groups in total. The van der Waals surface area contributed by atoms with Gasteiger partial charge < -0.3 is 9.31 Å². The summed E-state index contributed by atoms with van der Waals surface area (Å²) in [7, 11) is -0.993. The number of rotatable bonds is 2. The molecule has 1 aromatic carbocycles. The maximum Gasteiger partial charge on any atom is 0.495 e. The van der Waals surface area contributed by atoms with Gasteiger partial charge >= 0.3 is 7.12 Å². The lowest BCUT2D eigenvalue weighted by atomic mass is 9.75. The lowest BCUT2D eigenvalue weighted by Gasteiger charge is -2.32. The monoisotopic (exact) mass is 294 g/mol. The largest absolute Gasteiger partial charge is 0.495 e. The second-order valence-corrected chi connectivity index (χ2v) is 7.68. The zero-order valence-electron chi connectivity index (χ0n) is 20.0. The van der Waals surface area contributed by atoms with Crippen LogP contribution in [-0.4, -0.2) is 18.3 Å². The highest BCUT2D eigenvalue weighted by Crippen LogP contribution is 2.36. The van der Waals surface area contributed by atoms with Crippen LogP contribution in [0.2, 0.25) is 0 Å². The highest BCUT2D eigenvalue weighted by atomic mass is 16.7. The van der Waals surface area contributed by atoms with Crippen molar-refractivity contribution in [3.05, 3.63) is 29.3 Å². The molecule has 0 aromatic heterocycles. The van der Waals surface area contributed by atoms with Gasteiger partial charge in [0.25, 0.3) is 0 Å². The van der Waals surface area contributed by atoms with Crippen molar-refractivity contribution in [2.75, 3.05) is 0 Å². The minimum Gasteiger partial charge on any atom is -0.399 e. The molecular weight excluding hydrogens is 259 g/mol. The fraction of sp³-hybridized carbons (Fsp3) is 0.667. The molecule has 0 saturated carbocycles. The minimum absolute atomic E-state index is 0.0924. The molecule has 0 amide bonds. The normalized spacial score (nSPS) is 26.3. The van der Waals surface area contributed by atoms with Gasteiger partial charge in [-0.05, 0) is 57.4 Å². The molecule has 0 unspecified atom stereocenters. The molecule has 1 saturated heterocycles. The molecule has 0 spiro atoms. The third-order valence-electron chi connectivity index (χ3n) is 3.98. The minimum atomic E-state index is -2.53. The zero-order valence-corrected chi connectivity index (χ0v) is 14.0. The Labute approximate surface area is 138 Å². The van der Waals surface area contributed by atoms with Crippen LogP contribution in [0.4, 0.5) is 0 Å². The predicted octanol–water partition coefficient (Wildman–Crippen LogP) is 3.88. The van der Waals surface area contributed by atoms with Gasteiger partial charge in [-0.3, -0.25) is 0 Å². The molecule has 1 aliphatic rings. The second-order valence-electron chi connectivity index (χ2n) is 7.68. The van der Waals surface area contributed by atoms with Gasteiger partial charge in [0, 0.05) is 6.85 Å². The molecule has 21 heavy (non-hydrogen) atoms. The Balaban J connectivity index is 2.68. The topological polar surface area (TPSA) is 18.5 Å². The van der Waals surface area contributed by atoms with E-state index in [1.807, 2.05) is 27.7 Å². The average Bonchev–Trinajstić information content (AvgIpc) is 2.63. The number of benzene rings is 1. The summed E-state index contributed by atoms with van der Waals surface area (Å²) in [5, 5.41) is 0. The van der Waals surface area contributed by atoms with Gasteiger partial charge in [-0.1, -0.05) is 44.5 Å². The maximum atomic E-state index is 8.46. The first-order valence-corrected chi connectivity index (χ1v) is 7.32. The van der Waals surface area contributed by atoms with Crippen LogP contribution in [0.25, 0.3) is 0 Å². The molecule has 1 aromatic rings. The van der Waals surface area contributed by atoms with Gasteiger partial charge in [0.2, 0.25) is 0 Å². The van der Waals surface area contributed by atoms with Crippen LogP contribution in [0.1, 0.15) is 67.8 Å². The van der Waals surface area contributed by atoms with Crippen molar-refractivity contribution in [3.63, 3.8) is 0 Å². The Morgan fingerprint density at radius 1 is 1.24 bits per heavy atom. The number of hydrogen-bond acceptors (Lipinski definition) is 2. The van der Waals surface area contributed by atoms with Gasteiger partial charge in [-0.15, -0.1) is 0 Å². The van der Waals surface area contributed by atoms with Gasteiger partial charge in [0.1, 0.15) is 0 Å². The zero-order chi connectivity index (χ0) is 21.2. The van der Waals surface area contributed by atoms with Crippen LogP contribution >= 0.6 is 0 Å². The van der Waals surface area contributed by atoms with E-state index in [0.717, 1.165) is 0 Å². The van der Waals surface area contributed by atoms with Crippen LogP contribution in [0.15, 0.2) is 18.2 Å². The molecule has 0 radical (unpaired) electrons. The van der Waals surface area contributed by atoms with Crippen molar-refractivity contribution in [1.82, 2.24) is 0 Å². The highest BCUT2D eigenvalue weighted by Gasteiger charge is 2.52. The highest BCUT2D eigenvalue weighted by molar-refractivity contribution is 6.62. The molecule has 3 heteroatoms. The van der Waals surface area contributed by atoms with Crippen molar-refractivity contribution < 1.29 is 17.5 Å². The summed E-state index contributed by atoms with van der Waals surface area (Å²) in [4.78, 5) is 0. The Morgan fingerprint density at radius 2 is 1.81 bits per heavy atom. The van der Waals surface area contributed by atoms with Crippen molar-refractivity contribution in [2.24, 2.45) is 5.41 Å². The summed E-state index contributed by atoms with van der Waals surface area (Å²) in [5.41, 5.74) is -1.90. The van der Waals surface area contributed by atoms with Crippen LogP contribution in [0, 0.1) is 12.3 Å². The maximum absolute atomic E-state index is 8.46. The van der Waals surface area contributed by atoms with E-state index in [1.165, 1.54) is 12.1 Å². The fourth-order valence-corrected chi connectivity index (χ4v) is 2.17. The quantitative estimate of drug-likeness (QED) is 0.771. The lowest BCUT2D eigenvalue weighted by molar-refractivity contribution is 0.00578. The molecule has 2 rings (SSSR count). The molecule has 0 aliphatic carbocycles. The van der Waals surface area contributed by atoms with Gasteiger partial charge in [0.15, 0.2) is 0 Å². The molecular formula is C18H29BO2. The Hall–Kier alpha value is -0.795. The average molecular weight is 294 g/mol. The van der Waals surface area contributed by atoms with Crippen LogP contribution in [0.3, 0.4) is 0 Å². The summed E-state index contributed by atoms with van der Waals surface area (Å²) in [5.74, 6) is 0. The molecule has 1 aliphatic heterocycles. The predicted molar refractivity (Wildman–Crippen MR) is 90.1 cm³/mol. The summed E-state index contributed by atoms with van der Waals surface area (Å²) in [6, 6.07) is 2.64. The standard InChI is InChI=1S/C18H29BO2/c1-13-11-14(12-16(2,3)4)9-10-15(13)19-20-17(5,6)18(7,8)21-19/h9-11H,12H2,1-8H3/i1D3,10D,12D2. The first-order valence-electron chi connectivity index (χ1n) is 10.3. The van der Waals surface area contributed by atoms with Gasteiger partial charge in [0.05, 0.1) is 12.6 Å². The van der Waals surface area contributed by atoms with E-state index in [1.54, 1.807) is 20.8 Å². The van der Waals surface area contributed by atoms with E-state index >= 15 is 0 Å². The Kier molecular flexibility index (Phi) is 2.46. The van der Waals surface area contributed by atoms with Crippen molar-refractivity contribution in [3.8, 4) is 0 Å². The SMILES string of the molecule is [2H]c1cc(C([2H])([2H])C(C)(C)C)cc(C([2H])([2H])[2H])c1B1OC(C)(C)C(C)(C)O1. The smallest absolute Gasteiger partial charge is 0.399 e. The van der Waals surface area contributed by atoms with Crippen LogP contribution in [0.5, 0.6) is 0 Å². The molecule has 1 fully saturated rings. The summed E-state index contributed by atoms with van der Waals surface area (Å²) in [6.07, 6.45) is -1.81. The van der Waals surface area contributed by atoms with Gasteiger partial charge in [-0.25, -0.2) is 0 Å². The van der Waals surface area contributed by atoms with Gasteiger partial charge in [-0.2, -0.15) is 0 Å². The van der Waals surface area contributed by atoms with E-state index in [4.69, 9.17) is 17.5 Å². The third kappa shape index (κ3) is 3.52. The van der Waals surface area contributed by atoms with E-state index in [2.05, 4.69) is 0 Å². The van der Waals surface area contributed by atoms with E-state index in [0.29, 0.717) is 0 Å². The van der Waals surface area contributed by atoms with Crippen molar-refractivity contribution >= 4 is 12.6 Å². The Morgan fingerprint density at radius 3 is 2.29 bits per heavy atom. The van der Waals surface area contributed by atoms with E-state index in [-0.39, 0.29) is 22.6 Å². The van der Waals surface area contributed by atoms with Crippen LogP contribution < -0.4 is 5.46 Å². The second kappa shape index (κ2) is 5.14. The van der Waals surface area contributed by atoms with Crippen molar-refractivity contribution in [2.45, 2.75) is 72.9 Å². The summed E-state index contributed by atoms with van der Waals surface area (Å²) in [6.45, 7) is 10.1. The molecule has 1 heterocycles. The first kappa shape index (κ1) is 10.1. The van der Waals surface area contributed by atoms with E-state index in [9.17, 15) is 0 Å².